The summed E-state index contributed by atoms with van der Waals surface area (Å²) in [6.45, 7) is 4.29. The average Bonchev–Trinajstić information content (AvgIpc) is 2.60. The lowest BCUT2D eigenvalue weighted by Gasteiger charge is -2.29. The fourth-order valence-electron chi connectivity index (χ4n) is 2.95. The van der Waals surface area contributed by atoms with Gasteiger partial charge in [0.05, 0.1) is 11.9 Å². The first kappa shape index (κ1) is 19.0. The second-order valence-corrected chi connectivity index (χ2v) is 8.28. The Labute approximate surface area is 158 Å². The fourth-order valence-corrected chi connectivity index (χ4v) is 4.11. The summed E-state index contributed by atoms with van der Waals surface area (Å²) in [5, 5.41) is 2.77. The Morgan fingerprint density at radius 1 is 1.11 bits per heavy atom. The SMILES string of the molecule is Cc1cccc(NC(=O)[C@H](C)N(c2ccc3c(c2)OCCO3)S(C)(=O)=O)c1. The molecule has 8 heteroatoms. The number of fused-ring (bicyclic) bond motifs is 1. The molecule has 144 valence electrons. The summed E-state index contributed by atoms with van der Waals surface area (Å²) in [7, 11) is -3.71. The molecule has 0 saturated carbocycles. The molecule has 2 aromatic carbocycles. The zero-order valence-electron chi connectivity index (χ0n) is 15.4. The van der Waals surface area contributed by atoms with E-state index in [-0.39, 0.29) is 0 Å². The Hall–Kier alpha value is -2.74. The number of ether oxygens (including phenoxy) is 2. The molecule has 3 rings (SSSR count). The smallest absolute Gasteiger partial charge is 0.247 e. The molecule has 2 aromatic rings. The monoisotopic (exact) mass is 390 g/mol. The van der Waals surface area contributed by atoms with E-state index in [4.69, 9.17) is 9.47 Å². The zero-order valence-corrected chi connectivity index (χ0v) is 16.2. The predicted molar refractivity (Wildman–Crippen MR) is 104 cm³/mol. The van der Waals surface area contributed by atoms with Gasteiger partial charge in [-0.3, -0.25) is 9.10 Å². The van der Waals surface area contributed by atoms with Gasteiger partial charge in [-0.15, -0.1) is 0 Å². The number of carbonyl (C=O) groups excluding carboxylic acids is 1. The van der Waals surface area contributed by atoms with Crippen LogP contribution >= 0.6 is 0 Å². The highest BCUT2D eigenvalue weighted by Crippen LogP contribution is 2.35. The third-order valence-corrected chi connectivity index (χ3v) is 5.40. The standard InChI is InChI=1S/C19H22N2O5S/c1-13-5-4-6-15(11-13)20-19(22)14(2)21(27(3,23)24)16-7-8-17-18(12-16)26-10-9-25-17/h4-8,11-12,14H,9-10H2,1-3H3,(H,20,22)/t14-/m0/s1. The minimum Gasteiger partial charge on any atom is -0.486 e. The van der Waals surface area contributed by atoms with Gasteiger partial charge in [0.15, 0.2) is 11.5 Å². The second-order valence-electron chi connectivity index (χ2n) is 6.42. The molecule has 0 bridgehead atoms. The average molecular weight is 390 g/mol. The molecule has 0 radical (unpaired) electrons. The van der Waals surface area contributed by atoms with Gasteiger partial charge in [0, 0.05) is 11.8 Å². The minimum absolute atomic E-state index is 0.341. The number of benzene rings is 2. The van der Waals surface area contributed by atoms with Crippen molar-refractivity contribution < 1.29 is 22.7 Å². The largest absolute Gasteiger partial charge is 0.486 e. The van der Waals surface area contributed by atoms with Crippen molar-refractivity contribution >= 4 is 27.3 Å². The Morgan fingerprint density at radius 3 is 2.48 bits per heavy atom. The van der Waals surface area contributed by atoms with E-state index in [1.54, 1.807) is 31.2 Å². The maximum Gasteiger partial charge on any atom is 0.247 e. The van der Waals surface area contributed by atoms with Crippen molar-refractivity contribution in [2.45, 2.75) is 19.9 Å². The van der Waals surface area contributed by atoms with Crippen molar-refractivity contribution in [1.82, 2.24) is 0 Å². The summed E-state index contributed by atoms with van der Waals surface area (Å²) < 4.78 is 36.9. The molecular formula is C19H22N2O5S. The van der Waals surface area contributed by atoms with Gasteiger partial charge >= 0.3 is 0 Å². The maximum atomic E-state index is 12.7. The van der Waals surface area contributed by atoms with Crippen LogP contribution in [-0.4, -0.2) is 39.8 Å². The molecule has 0 unspecified atom stereocenters. The third-order valence-electron chi connectivity index (χ3n) is 4.15. The molecule has 0 aromatic heterocycles. The van der Waals surface area contributed by atoms with Gasteiger partial charge in [-0.05, 0) is 43.7 Å². The minimum atomic E-state index is -3.71. The molecular weight excluding hydrogens is 368 g/mol. The van der Waals surface area contributed by atoms with Crippen LogP contribution in [0.15, 0.2) is 42.5 Å². The predicted octanol–water partition coefficient (Wildman–Crippen LogP) is 2.56. The van der Waals surface area contributed by atoms with Crippen LogP contribution < -0.4 is 19.1 Å². The number of aryl methyl sites for hydroxylation is 1. The molecule has 7 nitrogen and oxygen atoms in total. The lowest BCUT2D eigenvalue weighted by molar-refractivity contribution is -0.116. The number of nitrogens with zero attached hydrogens (tertiary/aromatic N) is 1. The second kappa shape index (κ2) is 7.48. The van der Waals surface area contributed by atoms with Crippen molar-refractivity contribution in [3.05, 3.63) is 48.0 Å². The van der Waals surface area contributed by atoms with Crippen LogP contribution in [0.25, 0.3) is 0 Å². The highest BCUT2D eigenvalue weighted by molar-refractivity contribution is 7.92. The zero-order chi connectivity index (χ0) is 19.6. The molecule has 1 N–H and O–H groups in total. The number of hydrogen-bond acceptors (Lipinski definition) is 5. The summed E-state index contributed by atoms with van der Waals surface area (Å²) >= 11 is 0. The molecule has 0 fully saturated rings. The number of rotatable bonds is 5. The van der Waals surface area contributed by atoms with E-state index in [0.29, 0.717) is 36.1 Å². The first-order chi connectivity index (χ1) is 12.8. The van der Waals surface area contributed by atoms with Gasteiger partial charge < -0.3 is 14.8 Å². The van der Waals surface area contributed by atoms with Crippen LogP contribution in [0.4, 0.5) is 11.4 Å². The van der Waals surface area contributed by atoms with E-state index in [1.807, 2.05) is 25.1 Å². The lowest BCUT2D eigenvalue weighted by Crippen LogP contribution is -2.45. The quantitative estimate of drug-likeness (QED) is 0.848. The van der Waals surface area contributed by atoms with E-state index in [2.05, 4.69) is 5.32 Å². The summed E-state index contributed by atoms with van der Waals surface area (Å²) in [6, 6.07) is 11.2. The molecule has 1 aliphatic rings. The number of amides is 1. The van der Waals surface area contributed by atoms with E-state index < -0.39 is 22.0 Å². The lowest BCUT2D eigenvalue weighted by atomic mass is 10.2. The summed E-state index contributed by atoms with van der Waals surface area (Å²) in [4.78, 5) is 12.7. The number of hydrogen-bond donors (Lipinski definition) is 1. The molecule has 0 saturated heterocycles. The van der Waals surface area contributed by atoms with E-state index in [0.717, 1.165) is 16.1 Å². The number of nitrogens with one attached hydrogen (secondary N) is 1. The topological polar surface area (TPSA) is 84.9 Å². The summed E-state index contributed by atoms with van der Waals surface area (Å²) in [6.07, 6.45) is 1.07. The van der Waals surface area contributed by atoms with Crippen molar-refractivity contribution in [2.24, 2.45) is 0 Å². The van der Waals surface area contributed by atoms with Crippen LogP contribution in [0.1, 0.15) is 12.5 Å². The van der Waals surface area contributed by atoms with Gasteiger partial charge in [-0.2, -0.15) is 0 Å². The summed E-state index contributed by atoms with van der Waals surface area (Å²) in [5.41, 5.74) is 1.95. The van der Waals surface area contributed by atoms with E-state index in [9.17, 15) is 13.2 Å². The van der Waals surface area contributed by atoms with Crippen LogP contribution in [0.5, 0.6) is 11.5 Å². The van der Waals surface area contributed by atoms with Crippen LogP contribution in [0.2, 0.25) is 0 Å². The molecule has 0 spiro atoms. The molecule has 1 amide bonds. The van der Waals surface area contributed by atoms with Crippen molar-refractivity contribution in [3.8, 4) is 11.5 Å². The van der Waals surface area contributed by atoms with Crippen LogP contribution in [-0.2, 0) is 14.8 Å². The fraction of sp³-hybridized carbons (Fsp3) is 0.316. The van der Waals surface area contributed by atoms with E-state index >= 15 is 0 Å². The normalized spacial score (nSPS) is 14.3. The number of carbonyl (C=O) groups is 1. The highest BCUT2D eigenvalue weighted by atomic mass is 32.2. The van der Waals surface area contributed by atoms with Gasteiger partial charge in [0.1, 0.15) is 19.3 Å². The molecule has 1 atom stereocenters. The Balaban J connectivity index is 1.89. The van der Waals surface area contributed by atoms with Gasteiger partial charge in [0.25, 0.3) is 0 Å². The Kier molecular flexibility index (Phi) is 5.27. The third kappa shape index (κ3) is 4.33. The Morgan fingerprint density at radius 2 is 1.81 bits per heavy atom. The van der Waals surface area contributed by atoms with Crippen LogP contribution in [0.3, 0.4) is 0 Å². The van der Waals surface area contributed by atoms with Gasteiger partial charge in [-0.25, -0.2) is 8.42 Å². The molecule has 27 heavy (non-hydrogen) atoms. The summed E-state index contributed by atoms with van der Waals surface area (Å²) in [5.74, 6) is 0.579. The molecule has 1 aliphatic heterocycles. The van der Waals surface area contributed by atoms with Crippen LogP contribution in [0, 0.1) is 6.92 Å². The highest BCUT2D eigenvalue weighted by Gasteiger charge is 2.30. The maximum absolute atomic E-state index is 12.7. The number of sulfonamides is 1. The van der Waals surface area contributed by atoms with E-state index in [1.165, 1.54) is 0 Å². The first-order valence-corrected chi connectivity index (χ1v) is 10.4. The number of anilines is 2. The molecule has 1 heterocycles. The van der Waals surface area contributed by atoms with Crippen molar-refractivity contribution in [3.63, 3.8) is 0 Å². The first-order valence-electron chi connectivity index (χ1n) is 8.52. The van der Waals surface area contributed by atoms with Gasteiger partial charge in [-0.1, -0.05) is 12.1 Å². The van der Waals surface area contributed by atoms with Crippen molar-refractivity contribution in [2.75, 3.05) is 29.1 Å². The molecule has 0 aliphatic carbocycles. The Bertz CT molecular complexity index is 958. The van der Waals surface area contributed by atoms with Crippen molar-refractivity contribution in [1.29, 1.82) is 0 Å². The van der Waals surface area contributed by atoms with Gasteiger partial charge in [0.2, 0.25) is 15.9 Å².